The second-order valence-corrected chi connectivity index (χ2v) is 8.14. The molecule has 1 aliphatic heterocycles. The van der Waals surface area contributed by atoms with E-state index >= 15 is 0 Å². The number of likely N-dealkylation sites (tertiary alicyclic amines) is 1. The largest absolute Gasteiger partial charge is 0.506 e. The number of nitrogens with zero attached hydrogens (tertiary/aromatic N) is 7. The molecule has 170 valence electrons. The molecule has 0 aromatic carbocycles. The molecule has 5 heterocycles. The highest BCUT2D eigenvalue weighted by Gasteiger charge is 2.24. The summed E-state index contributed by atoms with van der Waals surface area (Å²) in [6.07, 6.45) is 8.17. The number of fused-ring (bicyclic) bond motifs is 1. The van der Waals surface area contributed by atoms with Gasteiger partial charge in [0.2, 0.25) is 5.91 Å². The van der Waals surface area contributed by atoms with Crippen LogP contribution >= 0.6 is 0 Å². The number of carbonyl (C=O) groups excluding carboxylic acids is 1. The summed E-state index contributed by atoms with van der Waals surface area (Å²) in [5.74, 6) is 0.966. The van der Waals surface area contributed by atoms with Gasteiger partial charge in [0.25, 0.3) is 0 Å². The molecule has 0 aliphatic carbocycles. The molecule has 1 aliphatic rings. The van der Waals surface area contributed by atoms with Crippen molar-refractivity contribution in [3.63, 3.8) is 0 Å². The highest BCUT2D eigenvalue weighted by molar-refractivity contribution is 5.79. The lowest BCUT2D eigenvalue weighted by molar-refractivity contribution is -0.131. The number of carbonyl (C=O) groups is 1. The van der Waals surface area contributed by atoms with Crippen LogP contribution in [0, 0.1) is 11.3 Å². The van der Waals surface area contributed by atoms with Crippen molar-refractivity contribution in [2.24, 2.45) is 0 Å². The summed E-state index contributed by atoms with van der Waals surface area (Å²) in [6.45, 7) is 1.15. The smallest absolute Gasteiger partial charge is 0.236 e. The van der Waals surface area contributed by atoms with Gasteiger partial charge in [0.05, 0.1) is 35.2 Å². The SMILES string of the molecule is N#CCC(=O)N1CCC[C@@H](Nc2cc(-c3cncc(O)c3)nc(-c3cnn4ccccc34)n2)C1. The number of hydrogen-bond donors (Lipinski definition) is 2. The van der Waals surface area contributed by atoms with Gasteiger partial charge in [-0.25, -0.2) is 14.5 Å². The van der Waals surface area contributed by atoms with Gasteiger partial charge in [0, 0.05) is 43.2 Å². The first-order chi connectivity index (χ1) is 16.6. The van der Waals surface area contributed by atoms with Gasteiger partial charge in [-0.2, -0.15) is 10.4 Å². The van der Waals surface area contributed by atoms with E-state index in [4.69, 9.17) is 15.2 Å². The maximum Gasteiger partial charge on any atom is 0.236 e. The van der Waals surface area contributed by atoms with Crippen LogP contribution in [0.4, 0.5) is 5.82 Å². The van der Waals surface area contributed by atoms with Crippen molar-refractivity contribution in [1.29, 1.82) is 5.26 Å². The molecule has 1 atom stereocenters. The Morgan fingerprint density at radius 2 is 2.15 bits per heavy atom. The number of anilines is 1. The summed E-state index contributed by atoms with van der Waals surface area (Å²) in [7, 11) is 0. The lowest BCUT2D eigenvalue weighted by Crippen LogP contribution is -2.45. The summed E-state index contributed by atoms with van der Waals surface area (Å²) in [5.41, 5.74) is 2.88. The van der Waals surface area contributed by atoms with E-state index in [-0.39, 0.29) is 24.1 Å². The van der Waals surface area contributed by atoms with Crippen molar-refractivity contribution in [3.8, 4) is 34.5 Å². The quantitative estimate of drug-likeness (QED) is 0.470. The molecule has 0 spiro atoms. The number of hydrogen-bond acceptors (Lipinski definition) is 8. The molecular formula is C24H22N8O2. The normalized spacial score (nSPS) is 15.7. The predicted octanol–water partition coefficient (Wildman–Crippen LogP) is 2.88. The van der Waals surface area contributed by atoms with Gasteiger partial charge in [-0.05, 0) is 31.0 Å². The Morgan fingerprint density at radius 3 is 3.00 bits per heavy atom. The molecule has 0 saturated carbocycles. The lowest BCUT2D eigenvalue weighted by atomic mass is 10.1. The van der Waals surface area contributed by atoms with E-state index in [1.165, 1.54) is 6.20 Å². The molecule has 1 saturated heterocycles. The molecule has 4 aromatic rings. The van der Waals surface area contributed by atoms with E-state index in [1.807, 2.05) is 36.5 Å². The third kappa shape index (κ3) is 4.36. The van der Waals surface area contributed by atoms with Crippen molar-refractivity contribution in [2.45, 2.75) is 25.3 Å². The number of rotatable bonds is 5. The van der Waals surface area contributed by atoms with Gasteiger partial charge in [0.15, 0.2) is 5.82 Å². The molecule has 1 amide bonds. The van der Waals surface area contributed by atoms with Crippen molar-refractivity contribution < 1.29 is 9.90 Å². The van der Waals surface area contributed by atoms with E-state index in [9.17, 15) is 9.90 Å². The van der Waals surface area contributed by atoms with Crippen molar-refractivity contribution >= 4 is 17.2 Å². The van der Waals surface area contributed by atoms with Gasteiger partial charge >= 0.3 is 0 Å². The summed E-state index contributed by atoms with van der Waals surface area (Å²) < 4.78 is 1.76. The predicted molar refractivity (Wildman–Crippen MR) is 125 cm³/mol. The molecular weight excluding hydrogens is 432 g/mol. The molecule has 5 rings (SSSR count). The minimum absolute atomic E-state index is 0.0156. The van der Waals surface area contributed by atoms with Crippen LogP contribution < -0.4 is 5.32 Å². The Kier molecular flexibility index (Phi) is 5.74. The monoisotopic (exact) mass is 454 g/mol. The van der Waals surface area contributed by atoms with Crippen molar-refractivity contribution in [3.05, 3.63) is 55.1 Å². The number of nitriles is 1. The Hall–Kier alpha value is -4.52. The van der Waals surface area contributed by atoms with Gasteiger partial charge in [-0.15, -0.1) is 0 Å². The Labute approximate surface area is 195 Å². The van der Waals surface area contributed by atoms with Crippen LogP contribution in [0.5, 0.6) is 5.75 Å². The van der Waals surface area contributed by atoms with Crippen LogP contribution in [0.25, 0.3) is 28.2 Å². The molecule has 10 heteroatoms. The zero-order chi connectivity index (χ0) is 23.5. The average Bonchev–Trinajstić information content (AvgIpc) is 3.28. The lowest BCUT2D eigenvalue weighted by Gasteiger charge is -2.33. The van der Waals surface area contributed by atoms with Crippen LogP contribution in [0.2, 0.25) is 0 Å². The maximum atomic E-state index is 12.2. The highest BCUT2D eigenvalue weighted by atomic mass is 16.3. The van der Waals surface area contributed by atoms with Crippen LogP contribution in [0.15, 0.2) is 55.1 Å². The molecule has 34 heavy (non-hydrogen) atoms. The summed E-state index contributed by atoms with van der Waals surface area (Å²) in [4.78, 5) is 27.5. The van der Waals surface area contributed by atoms with Crippen LogP contribution in [0.1, 0.15) is 19.3 Å². The Balaban J connectivity index is 1.52. The van der Waals surface area contributed by atoms with Gasteiger partial charge in [-0.1, -0.05) is 6.07 Å². The molecule has 2 N–H and O–H groups in total. The fourth-order valence-electron chi connectivity index (χ4n) is 4.17. The van der Waals surface area contributed by atoms with Gasteiger partial charge in [-0.3, -0.25) is 9.78 Å². The van der Waals surface area contributed by atoms with E-state index in [1.54, 1.807) is 27.9 Å². The minimum atomic E-state index is -0.157. The van der Waals surface area contributed by atoms with E-state index in [0.717, 1.165) is 23.9 Å². The molecule has 0 radical (unpaired) electrons. The average molecular weight is 454 g/mol. The fraction of sp³-hybridized carbons (Fsp3) is 0.250. The number of amides is 1. The highest BCUT2D eigenvalue weighted by Crippen LogP contribution is 2.28. The number of nitrogens with one attached hydrogen (secondary N) is 1. The van der Waals surface area contributed by atoms with Crippen molar-refractivity contribution in [1.82, 2.24) is 29.5 Å². The first-order valence-corrected chi connectivity index (χ1v) is 11.0. The minimum Gasteiger partial charge on any atom is -0.506 e. The third-order valence-corrected chi connectivity index (χ3v) is 5.77. The first kappa shape index (κ1) is 21.3. The number of aromatic nitrogens is 5. The number of pyridine rings is 2. The summed E-state index contributed by atoms with van der Waals surface area (Å²) in [6, 6.07) is 11.1. The number of aromatic hydroxyl groups is 1. The zero-order valence-electron chi connectivity index (χ0n) is 18.3. The molecule has 0 unspecified atom stereocenters. The molecule has 0 bridgehead atoms. The van der Waals surface area contributed by atoms with E-state index < -0.39 is 0 Å². The fourth-order valence-corrected chi connectivity index (χ4v) is 4.17. The van der Waals surface area contributed by atoms with Crippen LogP contribution in [-0.2, 0) is 4.79 Å². The van der Waals surface area contributed by atoms with E-state index in [0.29, 0.717) is 36.0 Å². The zero-order valence-corrected chi connectivity index (χ0v) is 18.3. The third-order valence-electron chi connectivity index (χ3n) is 5.77. The van der Waals surface area contributed by atoms with E-state index in [2.05, 4.69) is 15.4 Å². The van der Waals surface area contributed by atoms with Gasteiger partial charge < -0.3 is 15.3 Å². The van der Waals surface area contributed by atoms with Gasteiger partial charge in [0.1, 0.15) is 18.0 Å². The Bertz CT molecular complexity index is 1390. The van der Waals surface area contributed by atoms with Crippen LogP contribution in [0.3, 0.4) is 0 Å². The van der Waals surface area contributed by atoms with Crippen molar-refractivity contribution in [2.75, 3.05) is 18.4 Å². The second kappa shape index (κ2) is 9.15. The summed E-state index contributed by atoms with van der Waals surface area (Å²) >= 11 is 0. The summed E-state index contributed by atoms with van der Waals surface area (Å²) in [5, 5.41) is 26.6. The standard InChI is InChI=1S/C24H22N8O2/c25-7-6-23(34)31-8-3-4-17(15-31)28-22-11-20(16-10-18(33)13-26-12-16)29-24(30-22)19-14-27-32-9-2-1-5-21(19)32/h1-2,5,9-14,17,33H,3-4,6,8,15H2,(H,28,29,30)/t17-/m1/s1. The molecule has 1 fully saturated rings. The topological polar surface area (TPSA) is 132 Å². The molecule has 10 nitrogen and oxygen atoms in total. The maximum absolute atomic E-state index is 12.2. The molecule has 4 aromatic heterocycles. The second-order valence-electron chi connectivity index (χ2n) is 8.14. The number of piperidine rings is 1. The Morgan fingerprint density at radius 1 is 1.24 bits per heavy atom. The van der Waals surface area contributed by atoms with Crippen LogP contribution in [-0.4, -0.2) is 59.6 Å². The first-order valence-electron chi connectivity index (χ1n) is 11.0.